The second-order valence-corrected chi connectivity index (χ2v) is 25.7. The number of carbonyl (C=O) groups excluding carboxylic acids is 3. The van der Waals surface area contributed by atoms with Crippen molar-refractivity contribution in [1.82, 2.24) is 9.80 Å². The van der Waals surface area contributed by atoms with Crippen molar-refractivity contribution in [2.75, 3.05) is 82.8 Å². The summed E-state index contributed by atoms with van der Waals surface area (Å²) >= 11 is 3.47. The van der Waals surface area contributed by atoms with E-state index in [9.17, 15) is 14.4 Å². The molecule has 3 aliphatic heterocycles. The zero-order valence-electron chi connectivity index (χ0n) is 50.2. The molecule has 0 amide bonds. The number of carbonyl (C=O) groups is 3. The largest absolute Gasteiger partial charge is 0.461 e. The lowest BCUT2D eigenvalue weighted by atomic mass is 10.0. The highest BCUT2D eigenvalue weighted by Gasteiger charge is 2.34. The Labute approximate surface area is 503 Å². The van der Waals surface area contributed by atoms with Crippen molar-refractivity contribution in [3.05, 3.63) is 117 Å². The maximum absolute atomic E-state index is 12.8. The summed E-state index contributed by atoms with van der Waals surface area (Å²) in [4.78, 5) is 55.1. The predicted molar refractivity (Wildman–Crippen MR) is 342 cm³/mol. The summed E-state index contributed by atoms with van der Waals surface area (Å²) < 4.78 is 17.3. The first kappa shape index (κ1) is 63.0. The number of esters is 3. The molecule has 3 N–H and O–H groups in total. The summed E-state index contributed by atoms with van der Waals surface area (Å²) in [6.07, 6.45) is 26.5. The number of anilines is 5. The molecule has 448 valence electrons. The molecular weight excluding hydrogens is 1080 g/mol. The van der Waals surface area contributed by atoms with E-state index in [-0.39, 0.29) is 38.9 Å². The summed E-state index contributed by atoms with van der Waals surface area (Å²) in [6.45, 7) is 9.26. The van der Waals surface area contributed by atoms with Crippen LogP contribution in [0.5, 0.6) is 0 Å². The van der Waals surface area contributed by atoms with Gasteiger partial charge in [-0.3, -0.25) is 28.8 Å². The number of amidine groups is 2. The molecule has 0 aliphatic carbocycles. The van der Waals surface area contributed by atoms with Crippen molar-refractivity contribution in [2.24, 2.45) is 9.98 Å². The van der Waals surface area contributed by atoms with Crippen molar-refractivity contribution in [2.45, 2.75) is 168 Å². The van der Waals surface area contributed by atoms with Crippen LogP contribution in [0.4, 0.5) is 32.8 Å². The van der Waals surface area contributed by atoms with Gasteiger partial charge in [0.1, 0.15) is 35.0 Å². The van der Waals surface area contributed by atoms with Crippen LogP contribution in [0.3, 0.4) is 0 Å². The SMILES string of the molecule is CCCCCCCCCCCCCCCCCCCCCC(=O)OCN(C)CCN=C1Nc2ccccc2Nc2sc(Cc3ccc4c(c3)N=C(N3CC[N+](C)(COC(=O)CCC(=O)OCc5ccccc5)CC3)c3cc(C)sc3N4)cc21. The normalized spacial score (nSPS) is 14.7. The van der Waals surface area contributed by atoms with Gasteiger partial charge in [0.15, 0.2) is 0 Å². The van der Waals surface area contributed by atoms with Crippen LogP contribution in [0, 0.1) is 6.92 Å². The highest BCUT2D eigenvalue weighted by molar-refractivity contribution is 7.17. The van der Waals surface area contributed by atoms with Crippen LogP contribution in [-0.2, 0) is 41.6 Å². The van der Waals surface area contributed by atoms with Crippen molar-refractivity contribution >= 4 is 85.0 Å². The first-order valence-electron chi connectivity index (χ1n) is 31.2. The number of ether oxygens (including phenoxy) is 3. The van der Waals surface area contributed by atoms with Crippen LogP contribution in [0.1, 0.15) is 180 Å². The maximum atomic E-state index is 12.8. The number of unbranched alkanes of at least 4 members (excludes halogenated alkanes) is 18. The van der Waals surface area contributed by atoms with Gasteiger partial charge in [-0.2, -0.15) is 0 Å². The van der Waals surface area contributed by atoms with Crippen LogP contribution in [0.25, 0.3) is 0 Å². The van der Waals surface area contributed by atoms with Crippen molar-refractivity contribution in [1.29, 1.82) is 0 Å². The maximum Gasteiger partial charge on any atom is 0.310 e. The number of piperazine rings is 1. The molecule has 16 heteroatoms. The number of fused-ring (bicyclic) bond motifs is 4. The van der Waals surface area contributed by atoms with Gasteiger partial charge < -0.3 is 35.1 Å². The molecule has 5 heterocycles. The zero-order chi connectivity index (χ0) is 58.1. The van der Waals surface area contributed by atoms with E-state index in [0.29, 0.717) is 30.4 Å². The number of benzene rings is 3. The minimum absolute atomic E-state index is 0.0155. The molecule has 0 radical (unpaired) electrons. The molecule has 2 aromatic heterocycles. The predicted octanol–water partition coefficient (Wildman–Crippen LogP) is 15.8. The molecule has 0 bridgehead atoms. The molecule has 3 aromatic carbocycles. The highest BCUT2D eigenvalue weighted by Crippen LogP contribution is 2.42. The summed E-state index contributed by atoms with van der Waals surface area (Å²) in [5.74, 6) is 0.812. The Kier molecular flexibility index (Phi) is 25.4. The lowest BCUT2D eigenvalue weighted by Gasteiger charge is -2.42. The third-order valence-corrected chi connectivity index (χ3v) is 18.1. The number of hydrogen-bond donors (Lipinski definition) is 3. The monoisotopic (exact) mass is 1170 g/mol. The molecule has 83 heavy (non-hydrogen) atoms. The van der Waals surface area contributed by atoms with Crippen LogP contribution < -0.4 is 16.0 Å². The van der Waals surface area contributed by atoms with Crippen LogP contribution >= 0.6 is 22.7 Å². The zero-order valence-corrected chi connectivity index (χ0v) is 51.8. The van der Waals surface area contributed by atoms with Crippen molar-refractivity contribution in [3.8, 4) is 0 Å². The summed E-state index contributed by atoms with van der Waals surface area (Å²) in [5, 5.41) is 13.2. The second-order valence-electron chi connectivity index (χ2n) is 23.4. The molecular formula is C67H93N8O6S2+. The summed E-state index contributed by atoms with van der Waals surface area (Å²) in [7, 11) is 4.09. The standard InChI is InChI=1S/C67H93N8O6S2/c1-5-6-7-8-9-10-11-12-13-14-15-16-17-18-19-20-21-22-26-33-61(76)80-49-73(3)39-38-68-64-55-47-54(83-66(55)71-58-32-28-27-31-57(58)69-64)45-53-34-35-59-60(46-53)70-65(56-44-51(2)82-67(56)72-59)74-40-42-75(4,43-41-74)50-81-63(78)37-36-62(77)79-48-52-29-24-23-25-30-52/h23-25,27-32,34-35,44,46-47,71-72H,5-22,26,33,36-43,45,48-50H2,1-4H3,(H,68,69)/q+1. The first-order valence-corrected chi connectivity index (χ1v) is 32.8. The molecule has 1 saturated heterocycles. The van der Waals surface area contributed by atoms with E-state index in [2.05, 4.69) is 84.2 Å². The quantitative estimate of drug-likeness (QED) is 0.0119. The average molecular weight is 1170 g/mol. The van der Waals surface area contributed by atoms with Gasteiger partial charge in [0, 0.05) is 29.1 Å². The number of para-hydroxylation sites is 2. The number of nitrogens with one attached hydrogen (secondary N) is 3. The van der Waals surface area contributed by atoms with E-state index >= 15 is 0 Å². The van der Waals surface area contributed by atoms with E-state index in [1.54, 1.807) is 22.7 Å². The van der Waals surface area contributed by atoms with E-state index in [1.165, 1.54) is 119 Å². The number of quaternary nitrogens is 1. The van der Waals surface area contributed by atoms with Gasteiger partial charge in [-0.05, 0) is 67.9 Å². The Bertz CT molecular complexity index is 2890. The fourth-order valence-electron chi connectivity index (χ4n) is 10.9. The van der Waals surface area contributed by atoms with Gasteiger partial charge in [0.2, 0.25) is 6.73 Å². The Morgan fingerprint density at radius 3 is 1.87 bits per heavy atom. The van der Waals surface area contributed by atoms with E-state index in [1.807, 2.05) is 54.4 Å². The van der Waals surface area contributed by atoms with Crippen molar-refractivity contribution < 1.29 is 33.1 Å². The third kappa shape index (κ3) is 20.6. The van der Waals surface area contributed by atoms with Crippen LogP contribution in [0.2, 0.25) is 0 Å². The Hall–Kier alpha value is -6.07. The Balaban J connectivity index is 0.773. The number of aliphatic imine (C=N–C) groups is 2. The van der Waals surface area contributed by atoms with E-state index in [4.69, 9.17) is 24.2 Å². The van der Waals surface area contributed by atoms with Crippen molar-refractivity contribution in [3.63, 3.8) is 0 Å². The molecule has 0 unspecified atom stereocenters. The van der Waals surface area contributed by atoms with Gasteiger partial charge >= 0.3 is 17.9 Å². The average Bonchev–Trinajstić information content (AvgIpc) is 3.44. The number of nitrogens with zero attached hydrogens (tertiary/aromatic N) is 5. The fourth-order valence-corrected chi connectivity index (χ4v) is 13.0. The van der Waals surface area contributed by atoms with E-state index in [0.717, 1.165) is 106 Å². The fraction of sp³-hybridized carbons (Fsp3) is 0.537. The molecule has 8 rings (SSSR count). The first-order chi connectivity index (χ1) is 40.5. The van der Waals surface area contributed by atoms with Gasteiger partial charge in [0.05, 0.1) is 86.5 Å². The topological polar surface area (TPSA) is 146 Å². The van der Waals surface area contributed by atoms with Crippen LogP contribution in [0.15, 0.2) is 94.9 Å². The van der Waals surface area contributed by atoms with E-state index < -0.39 is 11.9 Å². The molecule has 5 aromatic rings. The minimum atomic E-state index is -0.416. The van der Waals surface area contributed by atoms with Gasteiger partial charge in [0.25, 0.3) is 0 Å². The molecule has 1 fully saturated rings. The number of thiophene rings is 2. The highest BCUT2D eigenvalue weighted by atomic mass is 32.1. The molecule has 0 spiro atoms. The third-order valence-electron chi connectivity index (χ3n) is 16.1. The number of likely N-dealkylation sites (N-methyl/N-ethyl adjacent to an activating group) is 2. The molecule has 0 saturated carbocycles. The second kappa shape index (κ2) is 33.4. The lowest BCUT2D eigenvalue weighted by Crippen LogP contribution is -2.59. The number of aryl methyl sites for hydroxylation is 1. The minimum Gasteiger partial charge on any atom is -0.461 e. The molecule has 3 aliphatic rings. The molecule has 0 atom stereocenters. The Morgan fingerprint density at radius 2 is 1.20 bits per heavy atom. The summed E-state index contributed by atoms with van der Waals surface area (Å²) in [5.41, 5.74) is 7.99. The smallest absolute Gasteiger partial charge is 0.310 e. The number of rotatable bonds is 34. The lowest BCUT2D eigenvalue weighted by molar-refractivity contribution is -0.929. The Morgan fingerprint density at radius 1 is 0.627 bits per heavy atom. The van der Waals surface area contributed by atoms with Gasteiger partial charge in [-0.1, -0.05) is 171 Å². The van der Waals surface area contributed by atoms with Gasteiger partial charge in [-0.25, -0.2) is 4.99 Å². The van der Waals surface area contributed by atoms with Crippen LogP contribution in [-0.4, -0.2) is 111 Å². The van der Waals surface area contributed by atoms with Gasteiger partial charge in [-0.15, -0.1) is 22.7 Å². The number of hydrogen-bond acceptors (Lipinski definition) is 14. The summed E-state index contributed by atoms with van der Waals surface area (Å²) in [6, 6.07) is 28.7. The molecule has 14 nitrogen and oxygen atoms in total.